The van der Waals surface area contributed by atoms with Gasteiger partial charge in [-0.25, -0.2) is 0 Å². The molecule has 16 heavy (non-hydrogen) atoms. The minimum Gasteiger partial charge on any atom is -0.397 e. The lowest BCUT2D eigenvalue weighted by molar-refractivity contribution is 0.578. The van der Waals surface area contributed by atoms with Gasteiger partial charge in [0.1, 0.15) is 0 Å². The molecule has 0 radical (unpaired) electrons. The summed E-state index contributed by atoms with van der Waals surface area (Å²) in [6, 6.07) is 6.39. The highest BCUT2D eigenvalue weighted by Gasteiger charge is 2.12. The molecule has 0 amide bonds. The van der Waals surface area contributed by atoms with Gasteiger partial charge in [0.15, 0.2) is 0 Å². The van der Waals surface area contributed by atoms with Crippen LogP contribution in [0.25, 0.3) is 0 Å². The van der Waals surface area contributed by atoms with Crippen LogP contribution in [-0.4, -0.2) is 27.2 Å². The molecule has 3 heteroatoms. The molecule has 3 nitrogen and oxygen atoms in total. The van der Waals surface area contributed by atoms with E-state index in [-0.39, 0.29) is 0 Å². The van der Waals surface area contributed by atoms with E-state index >= 15 is 0 Å². The van der Waals surface area contributed by atoms with Crippen LogP contribution in [0.4, 0.5) is 17.1 Å². The second-order valence-electron chi connectivity index (χ2n) is 4.69. The average molecular weight is 219 g/mol. The summed E-state index contributed by atoms with van der Waals surface area (Å²) in [5, 5.41) is 0. The van der Waals surface area contributed by atoms with Gasteiger partial charge < -0.3 is 15.5 Å². The van der Waals surface area contributed by atoms with E-state index in [1.54, 1.807) is 0 Å². The van der Waals surface area contributed by atoms with Crippen LogP contribution < -0.4 is 15.5 Å². The highest BCUT2D eigenvalue weighted by Crippen LogP contribution is 2.28. The third-order valence-corrected chi connectivity index (χ3v) is 3.21. The molecule has 0 spiro atoms. The molecule has 1 aromatic rings. The molecule has 2 rings (SSSR count). The SMILES string of the molecule is CN(C)c1ccc(N2CCCCC2)cc1N. The number of anilines is 3. The number of rotatable bonds is 2. The molecular formula is C13H21N3. The number of benzene rings is 1. The van der Waals surface area contributed by atoms with Crippen LogP contribution in [-0.2, 0) is 0 Å². The van der Waals surface area contributed by atoms with Crippen LogP contribution in [0.2, 0.25) is 0 Å². The minimum absolute atomic E-state index is 0.869. The molecule has 88 valence electrons. The Kier molecular flexibility index (Phi) is 3.22. The zero-order valence-corrected chi connectivity index (χ0v) is 10.2. The molecule has 0 aromatic heterocycles. The second kappa shape index (κ2) is 4.64. The van der Waals surface area contributed by atoms with E-state index in [4.69, 9.17) is 5.73 Å². The van der Waals surface area contributed by atoms with Crippen LogP contribution in [0.5, 0.6) is 0 Å². The lowest BCUT2D eigenvalue weighted by Crippen LogP contribution is -2.29. The zero-order valence-electron chi connectivity index (χ0n) is 10.2. The number of nitrogens with zero attached hydrogens (tertiary/aromatic N) is 2. The van der Waals surface area contributed by atoms with Crippen LogP contribution in [0.3, 0.4) is 0 Å². The number of nitrogen functional groups attached to an aromatic ring is 1. The maximum atomic E-state index is 6.06. The first-order valence-electron chi connectivity index (χ1n) is 6.00. The van der Waals surface area contributed by atoms with Gasteiger partial charge in [-0.2, -0.15) is 0 Å². The minimum atomic E-state index is 0.869. The largest absolute Gasteiger partial charge is 0.397 e. The van der Waals surface area contributed by atoms with Crippen molar-refractivity contribution in [2.45, 2.75) is 19.3 Å². The van der Waals surface area contributed by atoms with Crippen LogP contribution in [0.15, 0.2) is 18.2 Å². The Hall–Kier alpha value is -1.38. The second-order valence-corrected chi connectivity index (χ2v) is 4.69. The molecule has 1 aromatic carbocycles. The van der Waals surface area contributed by atoms with Crippen LogP contribution in [0.1, 0.15) is 19.3 Å². The zero-order chi connectivity index (χ0) is 11.5. The molecule has 0 atom stereocenters. The summed E-state index contributed by atoms with van der Waals surface area (Å²) >= 11 is 0. The summed E-state index contributed by atoms with van der Waals surface area (Å²) in [6.45, 7) is 2.33. The van der Waals surface area contributed by atoms with Crippen molar-refractivity contribution in [1.29, 1.82) is 0 Å². The Morgan fingerprint density at radius 1 is 1.12 bits per heavy atom. The van der Waals surface area contributed by atoms with Crippen molar-refractivity contribution in [3.05, 3.63) is 18.2 Å². The van der Waals surface area contributed by atoms with Gasteiger partial charge in [-0.15, -0.1) is 0 Å². The summed E-state index contributed by atoms with van der Waals surface area (Å²) in [5.74, 6) is 0. The highest BCUT2D eigenvalue weighted by atomic mass is 15.1. The van der Waals surface area contributed by atoms with E-state index in [9.17, 15) is 0 Å². The van der Waals surface area contributed by atoms with Gasteiger partial charge in [0.2, 0.25) is 0 Å². The lowest BCUT2D eigenvalue weighted by Gasteiger charge is -2.29. The molecule has 1 aliphatic heterocycles. The van der Waals surface area contributed by atoms with E-state index in [0.717, 1.165) is 11.4 Å². The predicted molar refractivity (Wildman–Crippen MR) is 71.2 cm³/mol. The fourth-order valence-electron chi connectivity index (χ4n) is 2.30. The molecule has 1 saturated heterocycles. The maximum Gasteiger partial charge on any atom is 0.0596 e. The van der Waals surface area contributed by atoms with Crippen LogP contribution >= 0.6 is 0 Å². The first kappa shape index (κ1) is 11.1. The first-order valence-corrected chi connectivity index (χ1v) is 6.00. The maximum absolute atomic E-state index is 6.06. The van der Waals surface area contributed by atoms with E-state index in [0.29, 0.717) is 0 Å². The summed E-state index contributed by atoms with van der Waals surface area (Å²) in [6.07, 6.45) is 3.96. The lowest BCUT2D eigenvalue weighted by atomic mass is 10.1. The summed E-state index contributed by atoms with van der Waals surface area (Å²) in [5.41, 5.74) is 9.29. The van der Waals surface area contributed by atoms with Gasteiger partial charge in [0, 0.05) is 32.9 Å². The molecule has 1 heterocycles. The smallest absolute Gasteiger partial charge is 0.0596 e. The Bertz CT molecular complexity index is 354. The van der Waals surface area contributed by atoms with Gasteiger partial charge in [-0.05, 0) is 37.5 Å². The topological polar surface area (TPSA) is 32.5 Å². The summed E-state index contributed by atoms with van der Waals surface area (Å²) < 4.78 is 0. The van der Waals surface area contributed by atoms with Gasteiger partial charge in [0.05, 0.1) is 11.4 Å². The fraction of sp³-hybridized carbons (Fsp3) is 0.538. The molecule has 0 bridgehead atoms. The Morgan fingerprint density at radius 2 is 1.81 bits per heavy atom. The fourth-order valence-corrected chi connectivity index (χ4v) is 2.30. The highest BCUT2D eigenvalue weighted by molar-refractivity contribution is 5.72. The molecule has 0 aliphatic carbocycles. The Balaban J connectivity index is 2.19. The third-order valence-electron chi connectivity index (χ3n) is 3.21. The van der Waals surface area contributed by atoms with E-state index < -0.39 is 0 Å². The number of hydrogen-bond acceptors (Lipinski definition) is 3. The number of nitrogens with two attached hydrogens (primary N) is 1. The Morgan fingerprint density at radius 3 is 2.38 bits per heavy atom. The van der Waals surface area contributed by atoms with E-state index in [1.807, 2.05) is 14.1 Å². The van der Waals surface area contributed by atoms with Crippen molar-refractivity contribution in [2.24, 2.45) is 0 Å². The molecule has 0 saturated carbocycles. The van der Waals surface area contributed by atoms with Crippen molar-refractivity contribution in [2.75, 3.05) is 42.7 Å². The standard InChI is InChI=1S/C13H21N3/c1-15(2)13-7-6-11(10-12(13)14)16-8-4-3-5-9-16/h6-7,10H,3-5,8-9,14H2,1-2H3. The molecule has 1 fully saturated rings. The van der Waals surface area contributed by atoms with E-state index in [1.165, 1.54) is 38.0 Å². The van der Waals surface area contributed by atoms with Crippen molar-refractivity contribution in [1.82, 2.24) is 0 Å². The molecule has 1 aliphatic rings. The van der Waals surface area contributed by atoms with Crippen molar-refractivity contribution < 1.29 is 0 Å². The molecule has 2 N–H and O–H groups in total. The van der Waals surface area contributed by atoms with Gasteiger partial charge in [-0.1, -0.05) is 0 Å². The monoisotopic (exact) mass is 219 g/mol. The first-order chi connectivity index (χ1) is 7.68. The Labute approximate surface area is 97.8 Å². The van der Waals surface area contributed by atoms with Gasteiger partial charge >= 0.3 is 0 Å². The summed E-state index contributed by atoms with van der Waals surface area (Å²) in [7, 11) is 4.04. The number of piperidine rings is 1. The van der Waals surface area contributed by atoms with Gasteiger partial charge in [-0.3, -0.25) is 0 Å². The van der Waals surface area contributed by atoms with Gasteiger partial charge in [0.25, 0.3) is 0 Å². The normalized spacial score (nSPS) is 16.2. The quantitative estimate of drug-likeness (QED) is 0.775. The van der Waals surface area contributed by atoms with Crippen LogP contribution in [0, 0.1) is 0 Å². The molecular weight excluding hydrogens is 198 g/mol. The van der Waals surface area contributed by atoms with Crippen molar-refractivity contribution in [3.63, 3.8) is 0 Å². The predicted octanol–water partition coefficient (Wildman–Crippen LogP) is 2.33. The average Bonchev–Trinajstić information content (AvgIpc) is 2.29. The van der Waals surface area contributed by atoms with Crippen molar-refractivity contribution in [3.8, 4) is 0 Å². The molecule has 0 unspecified atom stereocenters. The van der Waals surface area contributed by atoms with E-state index in [2.05, 4.69) is 28.0 Å². The van der Waals surface area contributed by atoms with Crippen molar-refractivity contribution >= 4 is 17.1 Å². The third kappa shape index (κ3) is 2.23. The summed E-state index contributed by atoms with van der Waals surface area (Å²) in [4.78, 5) is 4.48. The number of hydrogen-bond donors (Lipinski definition) is 1.